The molecule has 1 aliphatic rings. The predicted molar refractivity (Wildman–Crippen MR) is 119 cm³/mol. The molecule has 0 saturated heterocycles. The maximum Gasteiger partial charge on any atom is 0.258 e. The second-order valence-electron chi connectivity index (χ2n) is 8.02. The molecule has 5 aromatic rings. The van der Waals surface area contributed by atoms with Gasteiger partial charge in [-0.1, -0.05) is 12.1 Å². The lowest BCUT2D eigenvalue weighted by atomic mass is 10.2. The molecular weight excluding hydrogens is 390 g/mol. The fraction of sp³-hybridized carbons (Fsp3) is 0.217. The molecule has 0 unspecified atom stereocenters. The van der Waals surface area contributed by atoms with Gasteiger partial charge in [0, 0.05) is 30.9 Å². The molecule has 31 heavy (non-hydrogen) atoms. The number of amides is 1. The number of rotatable bonds is 4. The maximum absolute atomic E-state index is 13.1. The second-order valence-corrected chi connectivity index (χ2v) is 8.02. The summed E-state index contributed by atoms with van der Waals surface area (Å²) in [6, 6.07) is 15.9. The fourth-order valence-corrected chi connectivity index (χ4v) is 4.19. The van der Waals surface area contributed by atoms with Crippen molar-refractivity contribution in [2.24, 2.45) is 7.05 Å². The first-order chi connectivity index (χ1) is 15.1. The zero-order chi connectivity index (χ0) is 21.1. The number of nitrogens with one attached hydrogen (secondary N) is 1. The van der Waals surface area contributed by atoms with Crippen LogP contribution in [-0.4, -0.2) is 34.8 Å². The summed E-state index contributed by atoms with van der Waals surface area (Å²) in [5, 5.41) is 7.47. The molecule has 0 atom stereocenters. The Morgan fingerprint density at radius 3 is 2.65 bits per heavy atom. The van der Waals surface area contributed by atoms with Gasteiger partial charge >= 0.3 is 0 Å². The number of hydrogen-bond donors (Lipinski definition) is 1. The van der Waals surface area contributed by atoms with Gasteiger partial charge in [-0.25, -0.2) is 9.97 Å². The van der Waals surface area contributed by atoms with Crippen molar-refractivity contribution in [1.82, 2.24) is 28.9 Å². The first-order valence-electron chi connectivity index (χ1n) is 10.4. The summed E-state index contributed by atoms with van der Waals surface area (Å²) >= 11 is 0. The molecule has 0 bridgehead atoms. The maximum atomic E-state index is 13.1. The summed E-state index contributed by atoms with van der Waals surface area (Å²) in [7, 11) is 1.86. The van der Waals surface area contributed by atoms with E-state index in [0.29, 0.717) is 23.4 Å². The highest BCUT2D eigenvalue weighted by Gasteiger charge is 2.27. The van der Waals surface area contributed by atoms with Gasteiger partial charge in [0.2, 0.25) is 5.95 Å². The van der Waals surface area contributed by atoms with Crippen LogP contribution in [0.25, 0.3) is 27.9 Å². The van der Waals surface area contributed by atoms with Gasteiger partial charge in [0.1, 0.15) is 5.82 Å². The number of carbonyl (C=O) groups is 1. The number of hydrogen-bond acceptors (Lipinski definition) is 4. The summed E-state index contributed by atoms with van der Waals surface area (Å²) in [5.41, 5.74) is 4.14. The van der Waals surface area contributed by atoms with E-state index in [9.17, 15) is 4.79 Å². The highest BCUT2D eigenvalue weighted by molar-refractivity contribution is 6.06. The van der Waals surface area contributed by atoms with Crippen molar-refractivity contribution in [3.05, 3.63) is 66.1 Å². The third kappa shape index (κ3) is 2.91. The lowest BCUT2D eigenvalue weighted by Crippen LogP contribution is -2.15. The fourth-order valence-electron chi connectivity index (χ4n) is 4.19. The molecule has 3 aromatic heterocycles. The summed E-state index contributed by atoms with van der Waals surface area (Å²) in [4.78, 5) is 22.5. The Labute approximate surface area is 178 Å². The predicted octanol–water partition coefficient (Wildman–Crippen LogP) is 4.00. The number of aromatic nitrogens is 6. The van der Waals surface area contributed by atoms with E-state index in [0.717, 1.165) is 27.9 Å². The number of carbonyl (C=O) groups excluding carboxylic acids is 1. The number of aryl methyl sites for hydroxylation is 2. The molecule has 8 nitrogen and oxygen atoms in total. The molecule has 0 aliphatic heterocycles. The molecule has 0 spiro atoms. The van der Waals surface area contributed by atoms with E-state index in [4.69, 9.17) is 0 Å². The number of nitrogens with zero attached hydrogens (tertiary/aromatic N) is 6. The van der Waals surface area contributed by atoms with E-state index in [1.54, 1.807) is 4.68 Å². The van der Waals surface area contributed by atoms with Gasteiger partial charge in [0.05, 0.1) is 22.1 Å². The molecule has 154 valence electrons. The molecule has 1 saturated carbocycles. The quantitative estimate of drug-likeness (QED) is 0.485. The van der Waals surface area contributed by atoms with Crippen molar-refractivity contribution in [1.29, 1.82) is 0 Å². The van der Waals surface area contributed by atoms with Crippen LogP contribution in [0, 0.1) is 6.92 Å². The highest BCUT2D eigenvalue weighted by Crippen LogP contribution is 2.38. The third-order valence-corrected chi connectivity index (χ3v) is 5.75. The van der Waals surface area contributed by atoms with Gasteiger partial charge in [-0.15, -0.1) is 0 Å². The standard InChI is InChI=1S/C23H21N7O/c1-14-24-18-13-15(7-10-20(18)29(14)16-8-9-16)22(31)26-23-25-17-5-3-4-6-19(17)30(23)21-11-12-28(2)27-21/h3-7,10-13,16H,8-9H2,1-2H3,(H,25,26,31). The van der Waals surface area contributed by atoms with Crippen LogP contribution in [0.5, 0.6) is 0 Å². The van der Waals surface area contributed by atoms with Gasteiger partial charge in [-0.05, 0) is 50.1 Å². The Kier molecular flexibility index (Phi) is 3.77. The molecule has 1 N–H and O–H groups in total. The van der Waals surface area contributed by atoms with Crippen molar-refractivity contribution in [3.63, 3.8) is 0 Å². The minimum atomic E-state index is -0.229. The van der Waals surface area contributed by atoms with Crippen molar-refractivity contribution in [2.45, 2.75) is 25.8 Å². The molecule has 8 heteroatoms. The van der Waals surface area contributed by atoms with E-state index in [-0.39, 0.29) is 5.91 Å². The van der Waals surface area contributed by atoms with E-state index < -0.39 is 0 Å². The Morgan fingerprint density at radius 1 is 1.03 bits per heavy atom. The number of benzene rings is 2. The number of para-hydroxylation sites is 2. The van der Waals surface area contributed by atoms with Crippen LogP contribution in [0.2, 0.25) is 0 Å². The Balaban J connectivity index is 1.39. The lowest BCUT2D eigenvalue weighted by Gasteiger charge is -2.08. The number of fused-ring (bicyclic) bond motifs is 2. The zero-order valence-corrected chi connectivity index (χ0v) is 17.3. The molecule has 0 radical (unpaired) electrons. The molecule has 1 fully saturated rings. The molecular formula is C23H21N7O. The van der Waals surface area contributed by atoms with Gasteiger partial charge < -0.3 is 4.57 Å². The Morgan fingerprint density at radius 2 is 1.87 bits per heavy atom. The lowest BCUT2D eigenvalue weighted by molar-refractivity contribution is 0.102. The molecule has 1 amide bonds. The van der Waals surface area contributed by atoms with Crippen molar-refractivity contribution >= 4 is 33.9 Å². The van der Waals surface area contributed by atoms with E-state index in [1.807, 2.05) is 73.3 Å². The van der Waals surface area contributed by atoms with Crippen LogP contribution in [-0.2, 0) is 7.05 Å². The normalized spacial score (nSPS) is 13.9. The van der Waals surface area contributed by atoms with Crippen LogP contribution in [0.15, 0.2) is 54.7 Å². The SMILES string of the molecule is Cc1nc2cc(C(=O)Nc3nc4ccccc4n3-c3ccn(C)n3)ccc2n1C1CC1. The Bertz CT molecular complexity index is 1470. The number of anilines is 1. The van der Waals surface area contributed by atoms with E-state index >= 15 is 0 Å². The van der Waals surface area contributed by atoms with Crippen LogP contribution >= 0.6 is 0 Å². The van der Waals surface area contributed by atoms with Gasteiger partial charge in [-0.3, -0.25) is 19.4 Å². The summed E-state index contributed by atoms with van der Waals surface area (Å²) < 4.78 is 5.86. The average molecular weight is 411 g/mol. The summed E-state index contributed by atoms with van der Waals surface area (Å²) in [6.07, 6.45) is 4.25. The Hall–Kier alpha value is -3.94. The van der Waals surface area contributed by atoms with E-state index in [1.165, 1.54) is 12.8 Å². The molecule has 1 aliphatic carbocycles. The van der Waals surface area contributed by atoms with Crippen molar-refractivity contribution in [3.8, 4) is 5.82 Å². The topological polar surface area (TPSA) is 82.6 Å². The first-order valence-corrected chi connectivity index (χ1v) is 10.4. The number of imidazole rings is 2. The second kappa shape index (κ2) is 6.53. The van der Waals surface area contributed by atoms with Crippen LogP contribution in [0.1, 0.15) is 35.1 Å². The largest absolute Gasteiger partial charge is 0.325 e. The van der Waals surface area contributed by atoms with Crippen LogP contribution in [0.4, 0.5) is 5.95 Å². The average Bonchev–Trinajstić information content (AvgIpc) is 3.25. The highest BCUT2D eigenvalue weighted by atomic mass is 16.1. The molecule has 3 heterocycles. The van der Waals surface area contributed by atoms with Gasteiger partial charge in [0.25, 0.3) is 5.91 Å². The van der Waals surface area contributed by atoms with E-state index in [2.05, 4.69) is 25.0 Å². The monoisotopic (exact) mass is 411 g/mol. The third-order valence-electron chi connectivity index (χ3n) is 5.75. The van der Waals surface area contributed by atoms with Gasteiger partial charge in [-0.2, -0.15) is 5.10 Å². The van der Waals surface area contributed by atoms with Gasteiger partial charge in [0.15, 0.2) is 5.82 Å². The summed E-state index contributed by atoms with van der Waals surface area (Å²) in [5.74, 6) is 1.89. The van der Waals surface area contributed by atoms with Crippen LogP contribution < -0.4 is 5.32 Å². The zero-order valence-electron chi connectivity index (χ0n) is 17.3. The first kappa shape index (κ1) is 17.9. The smallest absolute Gasteiger partial charge is 0.258 e. The molecule has 2 aromatic carbocycles. The summed E-state index contributed by atoms with van der Waals surface area (Å²) in [6.45, 7) is 2.02. The van der Waals surface area contributed by atoms with Crippen molar-refractivity contribution < 1.29 is 4.79 Å². The van der Waals surface area contributed by atoms with Crippen LogP contribution in [0.3, 0.4) is 0 Å². The minimum absolute atomic E-state index is 0.229. The molecule has 6 rings (SSSR count). The minimum Gasteiger partial charge on any atom is -0.325 e. The van der Waals surface area contributed by atoms with Crippen molar-refractivity contribution in [2.75, 3.05) is 5.32 Å².